The number of hydrogen-bond acceptors (Lipinski definition) is 2. The van der Waals surface area contributed by atoms with Crippen LogP contribution >= 0.6 is 0 Å². The quantitative estimate of drug-likeness (QED) is 0.674. The first-order chi connectivity index (χ1) is 5.99. The maximum absolute atomic E-state index is 6.04. The van der Waals surface area contributed by atoms with Gasteiger partial charge in [0.1, 0.15) is 0 Å². The van der Waals surface area contributed by atoms with Crippen LogP contribution in [0.3, 0.4) is 0 Å². The van der Waals surface area contributed by atoms with Gasteiger partial charge in [0.2, 0.25) is 0 Å². The summed E-state index contributed by atoms with van der Waals surface area (Å²) < 4.78 is 5.47. The van der Waals surface area contributed by atoms with Crippen LogP contribution in [0.15, 0.2) is 0 Å². The van der Waals surface area contributed by atoms with Crippen LogP contribution in [0.5, 0.6) is 0 Å². The minimum absolute atomic E-state index is 0.424. The van der Waals surface area contributed by atoms with E-state index in [1.807, 2.05) is 7.11 Å². The molecule has 13 heavy (non-hydrogen) atoms. The van der Waals surface area contributed by atoms with Gasteiger partial charge in [0.05, 0.1) is 6.10 Å². The van der Waals surface area contributed by atoms with Crippen molar-refractivity contribution in [2.75, 3.05) is 7.11 Å². The second kappa shape index (κ2) is 2.71. The molecule has 0 aromatic carbocycles. The Morgan fingerprint density at radius 2 is 1.54 bits per heavy atom. The Labute approximate surface area is 80.8 Å². The van der Waals surface area contributed by atoms with Gasteiger partial charge < -0.3 is 10.5 Å². The monoisotopic (exact) mass is 183 g/mol. The summed E-state index contributed by atoms with van der Waals surface area (Å²) in [5.41, 5.74) is 6.92. The zero-order valence-electron chi connectivity index (χ0n) is 8.97. The predicted octanol–water partition coefficient (Wildman–Crippen LogP) is 1.93. The summed E-state index contributed by atoms with van der Waals surface area (Å²) in [7, 11) is 1.83. The Bertz CT molecular complexity index is 198. The molecule has 0 radical (unpaired) electrons. The fraction of sp³-hybridized carbons (Fsp3) is 1.00. The SMILES string of the molecule is COC1C[C@]2(C)CC(N)C[C@]2(C)C1. The van der Waals surface area contributed by atoms with Crippen LogP contribution in [0.25, 0.3) is 0 Å². The molecule has 4 atom stereocenters. The van der Waals surface area contributed by atoms with E-state index in [-0.39, 0.29) is 0 Å². The van der Waals surface area contributed by atoms with Crippen LogP contribution in [-0.2, 0) is 4.74 Å². The minimum atomic E-state index is 0.424. The molecular formula is C11H21NO. The fourth-order valence-corrected chi connectivity index (χ4v) is 3.63. The van der Waals surface area contributed by atoms with Crippen molar-refractivity contribution in [2.45, 2.75) is 51.7 Å². The summed E-state index contributed by atoms with van der Waals surface area (Å²) >= 11 is 0. The lowest BCUT2D eigenvalue weighted by molar-refractivity contribution is 0.0934. The third-order valence-electron chi connectivity index (χ3n) is 4.57. The second-order valence-electron chi connectivity index (χ2n) is 5.56. The Morgan fingerprint density at radius 3 is 1.92 bits per heavy atom. The van der Waals surface area contributed by atoms with E-state index >= 15 is 0 Å². The number of nitrogens with two attached hydrogens (primary N) is 1. The van der Waals surface area contributed by atoms with E-state index in [1.54, 1.807) is 0 Å². The van der Waals surface area contributed by atoms with Crippen molar-refractivity contribution < 1.29 is 4.74 Å². The van der Waals surface area contributed by atoms with Crippen molar-refractivity contribution in [3.63, 3.8) is 0 Å². The van der Waals surface area contributed by atoms with Crippen LogP contribution in [0.2, 0.25) is 0 Å². The molecular weight excluding hydrogens is 162 g/mol. The van der Waals surface area contributed by atoms with Gasteiger partial charge in [-0.15, -0.1) is 0 Å². The number of rotatable bonds is 1. The Morgan fingerprint density at radius 1 is 1.08 bits per heavy atom. The van der Waals surface area contributed by atoms with Crippen molar-refractivity contribution in [3.8, 4) is 0 Å². The normalized spacial score (nSPS) is 55.4. The predicted molar refractivity (Wildman–Crippen MR) is 53.5 cm³/mol. The molecule has 2 N–H and O–H groups in total. The summed E-state index contributed by atoms with van der Waals surface area (Å²) in [5, 5.41) is 0. The summed E-state index contributed by atoms with van der Waals surface area (Å²) in [6.07, 6.45) is 5.25. The van der Waals surface area contributed by atoms with Gasteiger partial charge in [-0.05, 0) is 36.5 Å². The highest BCUT2D eigenvalue weighted by molar-refractivity contribution is 5.09. The Kier molecular flexibility index (Phi) is 1.97. The summed E-state index contributed by atoms with van der Waals surface area (Å²) in [6, 6.07) is 0.424. The Balaban J connectivity index is 2.20. The first-order valence-corrected chi connectivity index (χ1v) is 5.27. The molecule has 0 amide bonds. The van der Waals surface area contributed by atoms with Crippen molar-refractivity contribution in [1.29, 1.82) is 0 Å². The number of methoxy groups -OCH3 is 1. The molecule has 0 bridgehead atoms. The lowest BCUT2D eigenvalue weighted by Crippen LogP contribution is -2.25. The molecule has 2 fully saturated rings. The maximum Gasteiger partial charge on any atom is 0.0582 e. The average molecular weight is 183 g/mol. The van der Waals surface area contributed by atoms with E-state index in [1.165, 1.54) is 25.7 Å². The zero-order valence-corrected chi connectivity index (χ0v) is 8.97. The van der Waals surface area contributed by atoms with Crippen molar-refractivity contribution in [1.82, 2.24) is 0 Å². The summed E-state index contributed by atoms with van der Waals surface area (Å²) in [5.74, 6) is 0. The minimum Gasteiger partial charge on any atom is -0.381 e. The average Bonchev–Trinajstić information content (AvgIpc) is 2.33. The highest BCUT2D eigenvalue weighted by atomic mass is 16.5. The van der Waals surface area contributed by atoms with Gasteiger partial charge in [-0.2, -0.15) is 0 Å². The molecule has 2 rings (SSSR count). The molecule has 2 aliphatic carbocycles. The van der Waals surface area contributed by atoms with E-state index in [0.717, 1.165) is 0 Å². The number of fused-ring (bicyclic) bond motifs is 1. The number of hydrogen-bond donors (Lipinski definition) is 1. The van der Waals surface area contributed by atoms with Gasteiger partial charge in [0.25, 0.3) is 0 Å². The van der Waals surface area contributed by atoms with E-state index in [4.69, 9.17) is 10.5 Å². The fourth-order valence-electron chi connectivity index (χ4n) is 3.63. The molecule has 0 saturated heterocycles. The van der Waals surface area contributed by atoms with Gasteiger partial charge in [0.15, 0.2) is 0 Å². The van der Waals surface area contributed by atoms with Gasteiger partial charge in [0, 0.05) is 13.2 Å². The molecule has 2 heteroatoms. The molecule has 0 spiro atoms. The molecule has 2 unspecified atom stereocenters. The van der Waals surface area contributed by atoms with E-state index in [0.29, 0.717) is 23.0 Å². The second-order valence-corrected chi connectivity index (χ2v) is 5.56. The molecule has 0 heterocycles. The molecule has 2 aliphatic rings. The molecule has 0 aromatic heterocycles. The van der Waals surface area contributed by atoms with Gasteiger partial charge in [-0.3, -0.25) is 0 Å². The van der Waals surface area contributed by atoms with E-state index < -0.39 is 0 Å². The van der Waals surface area contributed by atoms with Crippen LogP contribution in [0.4, 0.5) is 0 Å². The van der Waals surface area contributed by atoms with E-state index in [9.17, 15) is 0 Å². The number of ether oxygens (including phenoxy) is 1. The first-order valence-electron chi connectivity index (χ1n) is 5.27. The molecule has 0 aromatic rings. The molecule has 2 saturated carbocycles. The van der Waals surface area contributed by atoms with Crippen molar-refractivity contribution in [2.24, 2.45) is 16.6 Å². The van der Waals surface area contributed by atoms with Crippen LogP contribution in [0, 0.1) is 10.8 Å². The van der Waals surface area contributed by atoms with Gasteiger partial charge in [-0.25, -0.2) is 0 Å². The summed E-state index contributed by atoms with van der Waals surface area (Å²) in [6.45, 7) is 4.78. The smallest absolute Gasteiger partial charge is 0.0582 e. The van der Waals surface area contributed by atoms with Crippen molar-refractivity contribution >= 4 is 0 Å². The third-order valence-corrected chi connectivity index (χ3v) is 4.57. The lowest BCUT2D eigenvalue weighted by Gasteiger charge is -2.33. The lowest BCUT2D eigenvalue weighted by atomic mass is 9.71. The van der Waals surface area contributed by atoms with Crippen LogP contribution < -0.4 is 5.73 Å². The van der Waals surface area contributed by atoms with Crippen LogP contribution in [-0.4, -0.2) is 19.3 Å². The largest absolute Gasteiger partial charge is 0.381 e. The maximum atomic E-state index is 6.04. The standard InChI is InChI=1S/C11H21NO/c1-10-4-8(12)5-11(10,2)7-9(6-10)13-3/h8-9H,4-7,12H2,1-3H3/t8?,9?,10-,11+. The zero-order chi connectivity index (χ0) is 9.69. The Hall–Kier alpha value is -0.0800. The third kappa shape index (κ3) is 1.23. The molecule has 76 valence electrons. The first kappa shape index (κ1) is 9.47. The topological polar surface area (TPSA) is 35.2 Å². The molecule has 2 nitrogen and oxygen atoms in total. The van der Waals surface area contributed by atoms with E-state index in [2.05, 4.69) is 13.8 Å². The highest BCUT2D eigenvalue weighted by Gasteiger charge is 2.57. The summed E-state index contributed by atoms with van der Waals surface area (Å²) in [4.78, 5) is 0. The highest BCUT2D eigenvalue weighted by Crippen LogP contribution is 2.62. The van der Waals surface area contributed by atoms with Crippen LogP contribution in [0.1, 0.15) is 39.5 Å². The van der Waals surface area contributed by atoms with Gasteiger partial charge >= 0.3 is 0 Å². The molecule has 0 aliphatic heterocycles. The van der Waals surface area contributed by atoms with Crippen molar-refractivity contribution in [3.05, 3.63) is 0 Å². The van der Waals surface area contributed by atoms with Gasteiger partial charge in [-0.1, -0.05) is 13.8 Å².